The quantitative estimate of drug-likeness (QED) is 0.470. The molecule has 1 unspecified atom stereocenters. The predicted molar refractivity (Wildman–Crippen MR) is 138 cm³/mol. The number of aryl methyl sites for hydroxylation is 2. The lowest BCUT2D eigenvalue weighted by molar-refractivity contribution is -0.122. The molecule has 1 aliphatic carbocycles. The van der Waals surface area contributed by atoms with Crippen molar-refractivity contribution in [3.05, 3.63) is 59.9 Å². The number of hydrogen-bond acceptors (Lipinski definition) is 4. The summed E-state index contributed by atoms with van der Waals surface area (Å²) in [5, 5.41) is 3.28. The number of nitrogens with zero attached hydrogens (tertiary/aromatic N) is 3. The molecule has 0 bridgehead atoms. The molecule has 7 nitrogen and oxygen atoms in total. The van der Waals surface area contributed by atoms with E-state index in [1.165, 1.54) is 50.5 Å². The molecule has 35 heavy (non-hydrogen) atoms. The first-order valence-corrected chi connectivity index (χ1v) is 13.9. The van der Waals surface area contributed by atoms with Crippen LogP contribution < -0.4 is 5.32 Å². The number of carbonyl (C=O) groups is 1. The van der Waals surface area contributed by atoms with Gasteiger partial charge in [0.25, 0.3) is 0 Å². The number of hydrogen-bond donors (Lipinski definition) is 1. The van der Waals surface area contributed by atoms with Crippen molar-refractivity contribution in [2.24, 2.45) is 13.0 Å². The molecule has 0 spiro atoms. The molecule has 1 saturated carbocycles. The summed E-state index contributed by atoms with van der Waals surface area (Å²) in [5.74, 6) is 1.43. The van der Waals surface area contributed by atoms with Gasteiger partial charge in [-0.05, 0) is 36.1 Å². The number of nitrogens with one attached hydrogen (secondary N) is 1. The molecule has 1 atom stereocenters. The zero-order chi connectivity index (χ0) is 25.0. The minimum Gasteiger partial charge on any atom is -0.349 e. The number of rotatable bonds is 9. The summed E-state index contributed by atoms with van der Waals surface area (Å²) >= 11 is 0. The van der Waals surface area contributed by atoms with E-state index in [-0.39, 0.29) is 16.8 Å². The first-order chi connectivity index (χ1) is 16.8. The number of amides is 1. The minimum absolute atomic E-state index is 0.0117. The Hall–Kier alpha value is -2.71. The van der Waals surface area contributed by atoms with Crippen LogP contribution in [0.4, 0.5) is 0 Å². The van der Waals surface area contributed by atoms with Crippen molar-refractivity contribution in [2.45, 2.75) is 62.3 Å². The SMILES string of the molecule is CN(C)S(=O)(=O)c1ccc2c(c1)nc(CCC(=O)NC(CC1CCCCC1)c1ccccc1)n2C. The third kappa shape index (κ3) is 5.93. The Labute approximate surface area is 208 Å². The molecule has 0 radical (unpaired) electrons. The molecular formula is C27H36N4O3S. The van der Waals surface area contributed by atoms with Crippen LogP contribution >= 0.6 is 0 Å². The number of aromatic nitrogens is 2. The summed E-state index contributed by atoms with van der Waals surface area (Å²) in [6.45, 7) is 0. The Kier molecular flexibility index (Phi) is 7.91. The second kappa shape index (κ2) is 10.9. The van der Waals surface area contributed by atoms with Crippen molar-refractivity contribution in [3.63, 3.8) is 0 Å². The molecule has 0 aliphatic heterocycles. The third-order valence-corrected chi connectivity index (χ3v) is 8.94. The van der Waals surface area contributed by atoms with Gasteiger partial charge >= 0.3 is 0 Å². The van der Waals surface area contributed by atoms with E-state index in [1.807, 2.05) is 29.8 Å². The summed E-state index contributed by atoms with van der Waals surface area (Å²) in [4.78, 5) is 17.9. The van der Waals surface area contributed by atoms with E-state index in [0.717, 1.165) is 23.3 Å². The molecule has 8 heteroatoms. The van der Waals surface area contributed by atoms with E-state index < -0.39 is 10.0 Å². The Balaban J connectivity index is 1.45. The van der Waals surface area contributed by atoms with Gasteiger partial charge in [-0.3, -0.25) is 4.79 Å². The van der Waals surface area contributed by atoms with Gasteiger partial charge in [0, 0.05) is 34.0 Å². The fourth-order valence-corrected chi connectivity index (χ4v) is 5.96. The summed E-state index contributed by atoms with van der Waals surface area (Å²) in [7, 11) is 1.40. The topological polar surface area (TPSA) is 84.3 Å². The van der Waals surface area contributed by atoms with Crippen LogP contribution in [-0.2, 0) is 28.3 Å². The highest BCUT2D eigenvalue weighted by Gasteiger charge is 2.23. The van der Waals surface area contributed by atoms with Crippen LogP contribution in [-0.4, -0.2) is 42.3 Å². The summed E-state index contributed by atoms with van der Waals surface area (Å²) < 4.78 is 28.1. The zero-order valence-electron chi connectivity index (χ0n) is 20.9. The second-order valence-corrected chi connectivity index (χ2v) is 11.9. The van der Waals surface area contributed by atoms with Gasteiger partial charge < -0.3 is 9.88 Å². The average molecular weight is 497 g/mol. The van der Waals surface area contributed by atoms with Gasteiger partial charge in [0.05, 0.1) is 22.0 Å². The molecule has 1 amide bonds. The average Bonchev–Trinajstić information content (AvgIpc) is 3.18. The predicted octanol–water partition coefficient (Wildman–Crippen LogP) is 4.58. The zero-order valence-corrected chi connectivity index (χ0v) is 21.7. The highest BCUT2D eigenvalue weighted by atomic mass is 32.2. The van der Waals surface area contributed by atoms with E-state index in [1.54, 1.807) is 18.2 Å². The van der Waals surface area contributed by atoms with E-state index in [9.17, 15) is 13.2 Å². The molecule has 2 aromatic carbocycles. The van der Waals surface area contributed by atoms with Crippen LogP contribution in [0.25, 0.3) is 11.0 Å². The number of imidazole rings is 1. The molecule has 1 aromatic heterocycles. The number of carbonyl (C=O) groups excluding carboxylic acids is 1. The van der Waals surface area contributed by atoms with E-state index in [2.05, 4.69) is 22.4 Å². The van der Waals surface area contributed by atoms with E-state index in [0.29, 0.717) is 24.3 Å². The molecule has 1 fully saturated rings. The van der Waals surface area contributed by atoms with Gasteiger partial charge in [-0.25, -0.2) is 17.7 Å². The lowest BCUT2D eigenvalue weighted by atomic mass is 9.83. The maximum atomic E-state index is 13.0. The third-order valence-electron chi connectivity index (χ3n) is 7.13. The van der Waals surface area contributed by atoms with E-state index in [4.69, 9.17) is 0 Å². The van der Waals surface area contributed by atoms with Crippen LogP contribution in [0.3, 0.4) is 0 Å². The first kappa shape index (κ1) is 25.4. The smallest absolute Gasteiger partial charge is 0.242 e. The van der Waals surface area contributed by atoms with Crippen molar-refractivity contribution in [3.8, 4) is 0 Å². The number of benzene rings is 2. The van der Waals surface area contributed by atoms with Crippen LogP contribution in [0.1, 0.15) is 62.4 Å². The standard InChI is InChI=1S/C27H36N4O3S/c1-30(2)35(33,34)22-14-15-25-24(19-22)28-26(31(25)3)16-17-27(32)29-23(21-12-8-5-9-13-21)18-20-10-6-4-7-11-20/h5,8-9,12-15,19-20,23H,4,6-7,10-11,16-18H2,1-3H3,(H,29,32). The lowest BCUT2D eigenvalue weighted by Crippen LogP contribution is -2.30. The highest BCUT2D eigenvalue weighted by Crippen LogP contribution is 2.32. The maximum Gasteiger partial charge on any atom is 0.242 e. The fraction of sp³-hybridized carbons (Fsp3) is 0.481. The van der Waals surface area contributed by atoms with Gasteiger partial charge in [0.1, 0.15) is 5.82 Å². The monoisotopic (exact) mass is 496 g/mol. The van der Waals surface area contributed by atoms with E-state index >= 15 is 0 Å². The summed E-state index contributed by atoms with van der Waals surface area (Å²) in [6.07, 6.45) is 8.15. The van der Waals surface area contributed by atoms with Crippen molar-refractivity contribution in [1.82, 2.24) is 19.2 Å². The number of sulfonamides is 1. The summed E-state index contributed by atoms with van der Waals surface area (Å²) in [6, 6.07) is 15.2. The molecule has 4 rings (SSSR count). The molecule has 0 saturated heterocycles. The van der Waals surface area contributed by atoms with Crippen LogP contribution in [0, 0.1) is 5.92 Å². The molecule has 1 heterocycles. The second-order valence-electron chi connectivity index (χ2n) is 9.80. The van der Waals surface area contributed by atoms with Crippen LogP contribution in [0.15, 0.2) is 53.4 Å². The molecular weight excluding hydrogens is 460 g/mol. The maximum absolute atomic E-state index is 13.0. The Morgan fingerprint density at radius 3 is 2.51 bits per heavy atom. The fourth-order valence-electron chi connectivity index (χ4n) is 5.04. The van der Waals surface area contributed by atoms with Crippen molar-refractivity contribution in [1.29, 1.82) is 0 Å². The molecule has 188 valence electrons. The largest absolute Gasteiger partial charge is 0.349 e. The van der Waals surface area contributed by atoms with Crippen LogP contribution in [0.2, 0.25) is 0 Å². The minimum atomic E-state index is -3.53. The van der Waals surface area contributed by atoms with Crippen molar-refractivity contribution >= 4 is 27.0 Å². The summed E-state index contributed by atoms with van der Waals surface area (Å²) in [5.41, 5.74) is 2.62. The Morgan fingerprint density at radius 2 is 1.83 bits per heavy atom. The van der Waals surface area contributed by atoms with Gasteiger partial charge in [-0.2, -0.15) is 0 Å². The number of fused-ring (bicyclic) bond motifs is 1. The van der Waals surface area contributed by atoms with Crippen LogP contribution in [0.5, 0.6) is 0 Å². The molecule has 1 aliphatic rings. The van der Waals surface area contributed by atoms with Gasteiger partial charge in [0.2, 0.25) is 15.9 Å². The Bertz CT molecular complexity index is 1260. The van der Waals surface area contributed by atoms with Crippen molar-refractivity contribution in [2.75, 3.05) is 14.1 Å². The normalized spacial score (nSPS) is 16.0. The molecule has 3 aromatic rings. The van der Waals surface area contributed by atoms with Gasteiger partial charge in [-0.1, -0.05) is 62.4 Å². The highest BCUT2D eigenvalue weighted by molar-refractivity contribution is 7.89. The van der Waals surface area contributed by atoms with Gasteiger partial charge in [-0.15, -0.1) is 0 Å². The Morgan fingerprint density at radius 1 is 1.11 bits per heavy atom. The van der Waals surface area contributed by atoms with Gasteiger partial charge in [0.15, 0.2) is 0 Å². The van der Waals surface area contributed by atoms with Crippen molar-refractivity contribution < 1.29 is 13.2 Å². The lowest BCUT2D eigenvalue weighted by Gasteiger charge is -2.27. The first-order valence-electron chi connectivity index (χ1n) is 12.5. The molecule has 1 N–H and O–H groups in total.